The van der Waals surface area contributed by atoms with Gasteiger partial charge in [0, 0.05) is 11.9 Å². The Kier molecular flexibility index (Phi) is 3.74. The van der Waals surface area contributed by atoms with Crippen LogP contribution in [0.2, 0.25) is 0 Å². The Bertz CT molecular complexity index is 494. The Morgan fingerprint density at radius 3 is 2.41 bits per heavy atom. The van der Waals surface area contributed by atoms with Crippen molar-refractivity contribution in [3.8, 4) is 0 Å². The van der Waals surface area contributed by atoms with Crippen molar-refractivity contribution in [3.63, 3.8) is 0 Å². The lowest BCUT2D eigenvalue weighted by molar-refractivity contribution is 0.867. The average molecular weight is 292 g/mol. The van der Waals surface area contributed by atoms with Gasteiger partial charge in [-0.2, -0.15) is 0 Å². The molecule has 0 fully saturated rings. The van der Waals surface area contributed by atoms with Crippen molar-refractivity contribution >= 4 is 27.4 Å². The van der Waals surface area contributed by atoms with E-state index in [-0.39, 0.29) is 0 Å². The number of benzene rings is 1. The molecule has 0 aliphatic heterocycles. The molecule has 0 saturated carbocycles. The van der Waals surface area contributed by atoms with Gasteiger partial charge in [0.1, 0.15) is 5.82 Å². The fourth-order valence-corrected chi connectivity index (χ4v) is 1.81. The van der Waals surface area contributed by atoms with E-state index in [2.05, 4.69) is 69.3 Å². The van der Waals surface area contributed by atoms with Crippen LogP contribution in [0.4, 0.5) is 11.5 Å². The maximum atomic E-state index is 4.22. The molecule has 0 aliphatic rings. The van der Waals surface area contributed by atoms with Gasteiger partial charge in [0.25, 0.3) is 0 Å². The monoisotopic (exact) mass is 291 g/mol. The molecule has 0 atom stereocenters. The predicted octanol–water partition coefficient (Wildman–Crippen LogP) is 4.11. The third-order valence-electron chi connectivity index (χ3n) is 2.48. The van der Waals surface area contributed by atoms with Crippen molar-refractivity contribution in [2.24, 2.45) is 0 Å². The van der Waals surface area contributed by atoms with Crippen LogP contribution in [-0.4, -0.2) is 9.97 Å². The molecule has 1 aromatic heterocycles. The lowest BCUT2D eigenvalue weighted by atomic mass is 10.0. The molecule has 0 aliphatic carbocycles. The minimum Gasteiger partial charge on any atom is -0.340 e. The fourth-order valence-electron chi connectivity index (χ4n) is 1.50. The summed E-state index contributed by atoms with van der Waals surface area (Å²) in [5.74, 6) is 1.33. The van der Waals surface area contributed by atoms with Crippen LogP contribution >= 0.6 is 15.9 Å². The zero-order valence-electron chi connectivity index (χ0n) is 9.81. The van der Waals surface area contributed by atoms with Crippen LogP contribution in [-0.2, 0) is 0 Å². The summed E-state index contributed by atoms with van der Waals surface area (Å²) in [4.78, 5) is 8.20. The van der Waals surface area contributed by atoms with Crippen LogP contribution in [0.5, 0.6) is 0 Å². The molecule has 0 saturated heterocycles. The highest BCUT2D eigenvalue weighted by molar-refractivity contribution is 9.10. The summed E-state index contributed by atoms with van der Waals surface area (Å²) in [5, 5.41) is 3.23. The maximum absolute atomic E-state index is 4.22. The Labute approximate surface area is 109 Å². The minimum atomic E-state index is 0.553. The highest BCUT2D eigenvalue weighted by atomic mass is 79.9. The molecule has 4 heteroatoms. The van der Waals surface area contributed by atoms with Crippen molar-refractivity contribution in [2.75, 3.05) is 5.32 Å². The van der Waals surface area contributed by atoms with E-state index in [0.29, 0.717) is 10.7 Å². The summed E-state index contributed by atoms with van der Waals surface area (Å²) < 4.78 is 0.585. The highest BCUT2D eigenvalue weighted by Crippen LogP contribution is 2.19. The molecular formula is C13H14BrN3. The van der Waals surface area contributed by atoms with E-state index in [4.69, 9.17) is 0 Å². The van der Waals surface area contributed by atoms with Crippen LogP contribution in [0.25, 0.3) is 0 Å². The van der Waals surface area contributed by atoms with Gasteiger partial charge in [-0.15, -0.1) is 0 Å². The van der Waals surface area contributed by atoms with E-state index >= 15 is 0 Å². The normalized spacial score (nSPS) is 10.6. The summed E-state index contributed by atoms with van der Waals surface area (Å²) in [6.45, 7) is 4.37. The second-order valence-electron chi connectivity index (χ2n) is 4.11. The summed E-state index contributed by atoms with van der Waals surface area (Å²) in [6, 6.07) is 10.2. The van der Waals surface area contributed by atoms with Crippen molar-refractivity contribution in [1.82, 2.24) is 9.97 Å². The third kappa shape index (κ3) is 3.27. The molecule has 3 nitrogen and oxygen atoms in total. The molecule has 0 bridgehead atoms. The average Bonchev–Trinajstić information content (AvgIpc) is 2.29. The van der Waals surface area contributed by atoms with Crippen LogP contribution in [0.3, 0.4) is 0 Å². The number of anilines is 2. The van der Waals surface area contributed by atoms with Crippen LogP contribution in [0, 0.1) is 0 Å². The second kappa shape index (κ2) is 5.27. The van der Waals surface area contributed by atoms with Gasteiger partial charge in [0.05, 0.1) is 0 Å². The van der Waals surface area contributed by atoms with Crippen LogP contribution in [0.15, 0.2) is 41.3 Å². The van der Waals surface area contributed by atoms with Crippen LogP contribution < -0.4 is 5.32 Å². The molecule has 1 heterocycles. The lowest BCUT2D eigenvalue weighted by Crippen LogP contribution is -1.95. The molecule has 0 spiro atoms. The third-order valence-corrected chi connectivity index (χ3v) is 2.86. The van der Waals surface area contributed by atoms with Gasteiger partial charge in [-0.3, -0.25) is 0 Å². The van der Waals surface area contributed by atoms with Gasteiger partial charge < -0.3 is 5.32 Å². The van der Waals surface area contributed by atoms with Gasteiger partial charge in [-0.05, 0) is 45.6 Å². The molecule has 88 valence electrons. The SMILES string of the molecule is CC(C)c1ccc(Nc2ccnc(Br)n2)cc1. The summed E-state index contributed by atoms with van der Waals surface area (Å²) in [5.41, 5.74) is 2.36. The van der Waals surface area contributed by atoms with E-state index in [9.17, 15) is 0 Å². The number of hydrogen-bond acceptors (Lipinski definition) is 3. The predicted molar refractivity (Wildman–Crippen MR) is 73.5 cm³/mol. The van der Waals surface area contributed by atoms with E-state index in [0.717, 1.165) is 11.5 Å². The molecule has 1 N–H and O–H groups in total. The molecule has 2 aromatic rings. The van der Waals surface area contributed by atoms with Crippen LogP contribution in [0.1, 0.15) is 25.3 Å². The maximum Gasteiger partial charge on any atom is 0.198 e. The number of nitrogens with zero attached hydrogens (tertiary/aromatic N) is 2. The summed E-state index contributed by atoms with van der Waals surface area (Å²) >= 11 is 3.24. The quantitative estimate of drug-likeness (QED) is 0.865. The Morgan fingerprint density at radius 2 is 1.82 bits per heavy atom. The molecular weight excluding hydrogens is 278 g/mol. The first-order chi connectivity index (χ1) is 8.15. The number of rotatable bonds is 3. The van der Waals surface area contributed by atoms with Gasteiger partial charge in [0.2, 0.25) is 0 Å². The topological polar surface area (TPSA) is 37.8 Å². The first kappa shape index (κ1) is 12.0. The van der Waals surface area contributed by atoms with Gasteiger partial charge in [-0.25, -0.2) is 9.97 Å². The van der Waals surface area contributed by atoms with Crippen molar-refractivity contribution in [3.05, 3.63) is 46.8 Å². The minimum absolute atomic E-state index is 0.553. The second-order valence-corrected chi connectivity index (χ2v) is 4.82. The standard InChI is InChI=1S/C13H14BrN3/c1-9(2)10-3-5-11(6-4-10)16-12-7-8-15-13(14)17-12/h3-9H,1-2H3,(H,15,16,17). The van der Waals surface area contributed by atoms with E-state index in [1.165, 1.54) is 5.56 Å². The smallest absolute Gasteiger partial charge is 0.198 e. The molecule has 1 aromatic carbocycles. The van der Waals surface area contributed by atoms with Crippen molar-refractivity contribution in [1.29, 1.82) is 0 Å². The first-order valence-corrected chi connectivity index (χ1v) is 6.30. The molecule has 0 amide bonds. The fraction of sp³-hybridized carbons (Fsp3) is 0.231. The number of nitrogens with one attached hydrogen (secondary N) is 1. The Morgan fingerprint density at radius 1 is 1.12 bits per heavy atom. The van der Waals surface area contributed by atoms with Gasteiger partial charge >= 0.3 is 0 Å². The van der Waals surface area contributed by atoms with E-state index in [1.807, 2.05) is 6.07 Å². The molecule has 17 heavy (non-hydrogen) atoms. The van der Waals surface area contributed by atoms with Crippen molar-refractivity contribution in [2.45, 2.75) is 19.8 Å². The van der Waals surface area contributed by atoms with Gasteiger partial charge in [-0.1, -0.05) is 26.0 Å². The van der Waals surface area contributed by atoms with Gasteiger partial charge in [0.15, 0.2) is 4.73 Å². The van der Waals surface area contributed by atoms with E-state index in [1.54, 1.807) is 6.20 Å². The summed E-state index contributed by atoms with van der Waals surface area (Å²) in [7, 11) is 0. The zero-order valence-corrected chi connectivity index (χ0v) is 11.4. The first-order valence-electron chi connectivity index (χ1n) is 5.50. The summed E-state index contributed by atoms with van der Waals surface area (Å²) in [6.07, 6.45) is 1.71. The highest BCUT2D eigenvalue weighted by Gasteiger charge is 2.00. The zero-order chi connectivity index (χ0) is 12.3. The van der Waals surface area contributed by atoms with E-state index < -0.39 is 0 Å². The van der Waals surface area contributed by atoms with Crippen molar-refractivity contribution < 1.29 is 0 Å². The Balaban J connectivity index is 2.14. The Hall–Kier alpha value is -1.42. The molecule has 0 unspecified atom stereocenters. The number of aromatic nitrogens is 2. The lowest BCUT2D eigenvalue weighted by Gasteiger charge is -2.08. The largest absolute Gasteiger partial charge is 0.340 e. The molecule has 0 radical (unpaired) electrons. The number of halogens is 1. The number of hydrogen-bond donors (Lipinski definition) is 1. The molecule has 2 rings (SSSR count).